The van der Waals surface area contributed by atoms with Crippen LogP contribution >= 0.6 is 27.5 Å². The minimum Gasteiger partial charge on any atom is -0.375 e. The molecule has 0 bridgehead atoms. The van der Waals surface area contributed by atoms with Crippen molar-refractivity contribution in [1.82, 2.24) is 0 Å². The molecule has 0 fully saturated rings. The smallest absolute Gasteiger partial charge is 0.294 e. The number of benzene rings is 2. The Kier molecular flexibility index (Phi) is 4.74. The predicted octanol–water partition coefficient (Wildman–Crippen LogP) is 4.90. The Hall–Kier alpha value is -1.73. The van der Waals surface area contributed by atoms with Gasteiger partial charge in [0.1, 0.15) is 17.3 Å². The third kappa shape index (κ3) is 3.68. The summed E-state index contributed by atoms with van der Waals surface area (Å²) < 4.78 is 27.2. The van der Waals surface area contributed by atoms with E-state index >= 15 is 0 Å². The fourth-order valence-corrected chi connectivity index (χ4v) is 2.24. The van der Waals surface area contributed by atoms with Gasteiger partial charge in [-0.25, -0.2) is 8.78 Å². The van der Waals surface area contributed by atoms with Crippen molar-refractivity contribution in [3.8, 4) is 0 Å². The molecule has 1 N–H and O–H groups in total. The van der Waals surface area contributed by atoms with Gasteiger partial charge in [0.15, 0.2) is 0 Å². The highest BCUT2D eigenvalue weighted by Gasteiger charge is 2.17. The largest absolute Gasteiger partial charge is 0.375 e. The van der Waals surface area contributed by atoms with Crippen LogP contribution in [0.25, 0.3) is 0 Å². The van der Waals surface area contributed by atoms with Crippen LogP contribution in [0.4, 0.5) is 20.2 Å². The quantitative estimate of drug-likeness (QED) is 0.609. The van der Waals surface area contributed by atoms with Gasteiger partial charge in [-0.2, -0.15) is 0 Å². The zero-order chi connectivity index (χ0) is 15.6. The first-order valence-electron chi connectivity index (χ1n) is 5.69. The van der Waals surface area contributed by atoms with Crippen LogP contribution in [-0.2, 0) is 6.54 Å². The zero-order valence-corrected chi connectivity index (χ0v) is 12.7. The average molecular weight is 378 g/mol. The summed E-state index contributed by atoms with van der Waals surface area (Å²) in [5, 5.41) is 13.3. The van der Waals surface area contributed by atoms with Crippen LogP contribution in [0.3, 0.4) is 0 Å². The Bertz CT molecular complexity index is 713. The van der Waals surface area contributed by atoms with Gasteiger partial charge in [-0.05, 0) is 23.8 Å². The van der Waals surface area contributed by atoms with Gasteiger partial charge in [0.25, 0.3) is 5.69 Å². The summed E-state index contributed by atoms with van der Waals surface area (Å²) in [5.74, 6) is -1.21. The second-order valence-corrected chi connectivity index (χ2v) is 5.39. The minimum absolute atomic E-state index is 0.0296. The Balaban J connectivity index is 2.29. The van der Waals surface area contributed by atoms with Crippen LogP contribution in [0.1, 0.15) is 5.56 Å². The summed E-state index contributed by atoms with van der Waals surface area (Å²) in [7, 11) is 0. The molecule has 2 rings (SSSR count). The van der Waals surface area contributed by atoms with E-state index in [1.807, 2.05) is 0 Å². The number of halogens is 4. The fraction of sp³-hybridized carbons (Fsp3) is 0.0769. The summed E-state index contributed by atoms with van der Waals surface area (Å²) >= 11 is 8.77. The molecule has 0 saturated carbocycles. The molecule has 21 heavy (non-hydrogen) atoms. The number of rotatable bonds is 4. The van der Waals surface area contributed by atoms with Crippen molar-refractivity contribution in [3.63, 3.8) is 0 Å². The lowest BCUT2D eigenvalue weighted by molar-refractivity contribution is -0.384. The number of nitro groups is 1. The highest BCUT2D eigenvalue weighted by molar-refractivity contribution is 9.10. The van der Waals surface area contributed by atoms with Gasteiger partial charge >= 0.3 is 0 Å². The van der Waals surface area contributed by atoms with Gasteiger partial charge in [-0.3, -0.25) is 10.1 Å². The second kappa shape index (κ2) is 6.36. The maximum absolute atomic E-state index is 13.4. The Morgan fingerprint density at radius 3 is 2.67 bits per heavy atom. The van der Waals surface area contributed by atoms with E-state index in [1.165, 1.54) is 18.2 Å². The van der Waals surface area contributed by atoms with Crippen molar-refractivity contribution < 1.29 is 13.7 Å². The minimum atomic E-state index is -0.775. The molecule has 110 valence electrons. The van der Waals surface area contributed by atoms with E-state index in [0.717, 1.165) is 12.1 Å². The lowest BCUT2D eigenvalue weighted by Gasteiger charge is -2.09. The first-order chi connectivity index (χ1) is 9.88. The van der Waals surface area contributed by atoms with E-state index in [-0.39, 0.29) is 22.9 Å². The number of hydrogen-bond acceptors (Lipinski definition) is 3. The predicted molar refractivity (Wildman–Crippen MR) is 79.5 cm³/mol. The monoisotopic (exact) mass is 376 g/mol. The molecule has 0 aliphatic rings. The third-order valence-electron chi connectivity index (χ3n) is 2.71. The molecule has 2 aromatic carbocycles. The summed E-state index contributed by atoms with van der Waals surface area (Å²) in [6.45, 7) is 0.0836. The molecule has 0 amide bonds. The topological polar surface area (TPSA) is 55.2 Å². The van der Waals surface area contributed by atoms with Crippen LogP contribution in [0, 0.1) is 21.7 Å². The van der Waals surface area contributed by atoms with Gasteiger partial charge in [-0.1, -0.05) is 27.5 Å². The van der Waals surface area contributed by atoms with E-state index in [0.29, 0.717) is 10.0 Å². The molecule has 0 aromatic heterocycles. The van der Waals surface area contributed by atoms with E-state index in [2.05, 4.69) is 21.2 Å². The maximum Gasteiger partial charge on any atom is 0.294 e. The summed E-state index contributed by atoms with van der Waals surface area (Å²) in [6.07, 6.45) is 0. The van der Waals surface area contributed by atoms with Crippen LogP contribution < -0.4 is 5.32 Å². The molecule has 0 aliphatic heterocycles. The highest BCUT2D eigenvalue weighted by Crippen LogP contribution is 2.31. The maximum atomic E-state index is 13.4. The molecular weight excluding hydrogens is 370 g/mol. The van der Waals surface area contributed by atoms with E-state index < -0.39 is 16.6 Å². The van der Waals surface area contributed by atoms with Crippen molar-refractivity contribution in [2.45, 2.75) is 6.54 Å². The number of nitro benzene ring substituents is 1. The molecule has 0 spiro atoms. The molecule has 0 atom stereocenters. The molecule has 4 nitrogen and oxygen atoms in total. The van der Waals surface area contributed by atoms with Gasteiger partial charge in [0, 0.05) is 23.2 Å². The fourth-order valence-electron chi connectivity index (χ4n) is 1.70. The van der Waals surface area contributed by atoms with Crippen molar-refractivity contribution >= 4 is 38.9 Å². The molecule has 0 radical (unpaired) electrons. The normalized spacial score (nSPS) is 10.5. The average Bonchev–Trinajstić information content (AvgIpc) is 2.42. The molecule has 0 aliphatic carbocycles. The van der Waals surface area contributed by atoms with Gasteiger partial charge < -0.3 is 5.32 Å². The Morgan fingerprint density at radius 1 is 1.29 bits per heavy atom. The lowest BCUT2D eigenvalue weighted by Crippen LogP contribution is -2.04. The summed E-state index contributed by atoms with van der Waals surface area (Å²) in [5.41, 5.74) is 0.159. The van der Waals surface area contributed by atoms with Gasteiger partial charge in [0.05, 0.1) is 9.95 Å². The van der Waals surface area contributed by atoms with E-state index in [9.17, 15) is 18.9 Å². The van der Waals surface area contributed by atoms with Crippen LogP contribution in [-0.4, -0.2) is 4.92 Å². The van der Waals surface area contributed by atoms with Crippen molar-refractivity contribution in [3.05, 3.63) is 67.1 Å². The summed E-state index contributed by atoms with van der Waals surface area (Å²) in [4.78, 5) is 10.3. The number of anilines is 1. The molecule has 2 aromatic rings. The zero-order valence-electron chi connectivity index (χ0n) is 10.4. The molecular formula is C13H8BrClF2N2O2. The second-order valence-electron chi connectivity index (χ2n) is 4.13. The van der Waals surface area contributed by atoms with Crippen molar-refractivity contribution in [1.29, 1.82) is 0 Å². The van der Waals surface area contributed by atoms with Crippen LogP contribution in [0.5, 0.6) is 0 Å². The van der Waals surface area contributed by atoms with Gasteiger partial charge in [0.2, 0.25) is 0 Å². The van der Waals surface area contributed by atoms with Crippen LogP contribution in [0.2, 0.25) is 5.02 Å². The first-order valence-corrected chi connectivity index (χ1v) is 6.87. The SMILES string of the molecule is O=[N+]([O-])c1cc(Cl)c(F)cc1NCc1cc(F)ccc1Br. The number of nitrogens with zero attached hydrogens (tertiary/aromatic N) is 1. The Labute approximate surface area is 132 Å². The number of nitrogens with one attached hydrogen (secondary N) is 1. The van der Waals surface area contributed by atoms with Crippen molar-refractivity contribution in [2.24, 2.45) is 0 Å². The van der Waals surface area contributed by atoms with Gasteiger partial charge in [-0.15, -0.1) is 0 Å². The lowest BCUT2D eigenvalue weighted by atomic mass is 10.2. The first kappa shape index (κ1) is 15.7. The molecule has 8 heteroatoms. The molecule has 0 unspecified atom stereocenters. The molecule has 0 heterocycles. The van der Waals surface area contributed by atoms with E-state index in [4.69, 9.17) is 11.6 Å². The molecule has 0 saturated heterocycles. The Morgan fingerprint density at radius 2 is 2.00 bits per heavy atom. The van der Waals surface area contributed by atoms with Crippen molar-refractivity contribution in [2.75, 3.05) is 5.32 Å². The summed E-state index contributed by atoms with van der Waals surface area (Å²) in [6, 6.07) is 5.93. The third-order valence-corrected chi connectivity index (χ3v) is 3.78. The highest BCUT2D eigenvalue weighted by atomic mass is 79.9. The standard InChI is InChI=1S/C13H8BrClF2N2O2/c14-9-2-1-8(16)3-7(9)6-18-12-5-11(17)10(15)4-13(12)19(20)21/h1-5,18H,6H2. The number of hydrogen-bond donors (Lipinski definition) is 1. The van der Waals surface area contributed by atoms with Crippen LogP contribution in [0.15, 0.2) is 34.8 Å². The van der Waals surface area contributed by atoms with E-state index in [1.54, 1.807) is 0 Å².